The molecule has 0 spiro atoms. The van der Waals surface area contributed by atoms with Crippen molar-refractivity contribution in [3.05, 3.63) is 53.6 Å². The molecular formula is C19H21NO5. The van der Waals surface area contributed by atoms with Gasteiger partial charge in [0.2, 0.25) is 5.91 Å². The monoisotopic (exact) mass is 343 g/mol. The number of phenolic OH excluding ortho intramolecular Hbond substituents is 1. The number of anilines is 1. The van der Waals surface area contributed by atoms with Crippen LogP contribution in [0.5, 0.6) is 11.5 Å². The number of aliphatic carboxylic acids is 1. The minimum Gasteiger partial charge on any atom is -0.506 e. The first-order chi connectivity index (χ1) is 12.0. The van der Waals surface area contributed by atoms with Crippen LogP contribution in [-0.4, -0.2) is 28.7 Å². The van der Waals surface area contributed by atoms with Crippen molar-refractivity contribution in [1.29, 1.82) is 0 Å². The molecule has 0 aromatic heterocycles. The fraction of sp³-hybridized carbons (Fsp3) is 0.263. The zero-order valence-electron chi connectivity index (χ0n) is 14.0. The summed E-state index contributed by atoms with van der Waals surface area (Å²) in [5.41, 5.74) is 1.89. The number of aromatic hydroxyl groups is 1. The minimum absolute atomic E-state index is 0.109. The second kappa shape index (κ2) is 8.73. The molecule has 6 heteroatoms. The summed E-state index contributed by atoms with van der Waals surface area (Å²) in [6.45, 7) is 2.27. The van der Waals surface area contributed by atoms with Crippen molar-refractivity contribution in [2.24, 2.45) is 0 Å². The van der Waals surface area contributed by atoms with E-state index in [0.29, 0.717) is 11.3 Å². The fourth-order valence-electron chi connectivity index (χ4n) is 2.26. The highest BCUT2D eigenvalue weighted by atomic mass is 16.5. The first-order valence-electron chi connectivity index (χ1n) is 8.03. The predicted octanol–water partition coefficient (Wildman–Crippen LogP) is 2.99. The van der Waals surface area contributed by atoms with Gasteiger partial charge in [-0.1, -0.05) is 25.1 Å². The fourth-order valence-corrected chi connectivity index (χ4v) is 2.26. The van der Waals surface area contributed by atoms with E-state index < -0.39 is 5.97 Å². The number of hydrogen-bond donors (Lipinski definition) is 3. The van der Waals surface area contributed by atoms with Crippen LogP contribution < -0.4 is 10.1 Å². The highest BCUT2D eigenvalue weighted by Crippen LogP contribution is 2.24. The molecule has 3 N–H and O–H groups in total. The number of benzene rings is 2. The van der Waals surface area contributed by atoms with Crippen LogP contribution in [0, 0.1) is 0 Å². The number of carboxylic acids is 1. The number of phenols is 1. The van der Waals surface area contributed by atoms with Gasteiger partial charge in [0.25, 0.3) is 0 Å². The highest BCUT2D eigenvalue weighted by molar-refractivity contribution is 5.92. The summed E-state index contributed by atoms with van der Waals surface area (Å²) in [7, 11) is 0. The standard InChI is InChI=1S/C19H21NO5/c1-2-13-3-6-15(7-4-13)25-10-9-18(22)20-16-11-14(12-19(23)24)5-8-17(16)21/h3-8,11,21H,2,9-10,12H2,1H3,(H,20,22)(H,23,24). The maximum absolute atomic E-state index is 12.0. The molecule has 0 aliphatic rings. The van der Waals surface area contributed by atoms with Gasteiger partial charge >= 0.3 is 5.97 Å². The number of amides is 1. The van der Waals surface area contributed by atoms with E-state index in [9.17, 15) is 14.7 Å². The second-order valence-electron chi connectivity index (χ2n) is 5.57. The average molecular weight is 343 g/mol. The zero-order valence-corrected chi connectivity index (χ0v) is 14.0. The van der Waals surface area contributed by atoms with Crippen molar-refractivity contribution >= 4 is 17.6 Å². The Labute approximate surface area is 146 Å². The molecule has 0 aliphatic heterocycles. The summed E-state index contributed by atoms with van der Waals surface area (Å²) in [5, 5.41) is 21.1. The average Bonchev–Trinajstić information content (AvgIpc) is 2.58. The summed E-state index contributed by atoms with van der Waals surface area (Å²) in [5.74, 6) is -0.728. The van der Waals surface area contributed by atoms with Crippen molar-refractivity contribution in [3.8, 4) is 11.5 Å². The van der Waals surface area contributed by atoms with E-state index >= 15 is 0 Å². The Balaban J connectivity index is 1.86. The molecule has 132 valence electrons. The Morgan fingerprint density at radius 3 is 2.40 bits per heavy atom. The maximum atomic E-state index is 12.0. The molecule has 0 unspecified atom stereocenters. The van der Waals surface area contributed by atoms with E-state index in [1.807, 2.05) is 24.3 Å². The van der Waals surface area contributed by atoms with Gasteiger partial charge in [0.1, 0.15) is 11.5 Å². The van der Waals surface area contributed by atoms with Crippen LogP contribution in [0.1, 0.15) is 24.5 Å². The third-order valence-electron chi connectivity index (χ3n) is 3.62. The Kier molecular flexibility index (Phi) is 6.39. The summed E-state index contributed by atoms with van der Waals surface area (Å²) in [6, 6.07) is 12.0. The number of nitrogens with one attached hydrogen (secondary N) is 1. The first kappa shape index (κ1) is 18.3. The third-order valence-corrected chi connectivity index (χ3v) is 3.62. The zero-order chi connectivity index (χ0) is 18.2. The number of carbonyl (C=O) groups is 2. The molecule has 0 saturated carbocycles. The number of aryl methyl sites for hydroxylation is 1. The Morgan fingerprint density at radius 1 is 1.08 bits per heavy atom. The number of rotatable bonds is 8. The van der Waals surface area contributed by atoms with Gasteiger partial charge in [0.05, 0.1) is 25.1 Å². The lowest BCUT2D eigenvalue weighted by atomic mass is 10.1. The molecule has 0 fully saturated rings. The summed E-state index contributed by atoms with van der Waals surface area (Å²) in [6.07, 6.45) is 0.880. The smallest absolute Gasteiger partial charge is 0.307 e. The normalized spacial score (nSPS) is 10.3. The summed E-state index contributed by atoms with van der Waals surface area (Å²) < 4.78 is 5.52. The van der Waals surface area contributed by atoms with Gasteiger partial charge in [-0.3, -0.25) is 9.59 Å². The van der Waals surface area contributed by atoms with Gasteiger partial charge in [-0.2, -0.15) is 0 Å². The van der Waals surface area contributed by atoms with Gasteiger partial charge in [-0.05, 0) is 41.8 Å². The number of carbonyl (C=O) groups excluding carboxylic acids is 1. The van der Waals surface area contributed by atoms with E-state index in [-0.39, 0.29) is 36.8 Å². The molecule has 0 atom stereocenters. The van der Waals surface area contributed by atoms with Gasteiger partial charge in [-0.15, -0.1) is 0 Å². The maximum Gasteiger partial charge on any atom is 0.307 e. The predicted molar refractivity (Wildman–Crippen MR) is 94.0 cm³/mol. The van der Waals surface area contributed by atoms with Crippen LogP contribution in [0.4, 0.5) is 5.69 Å². The molecule has 0 aliphatic carbocycles. The van der Waals surface area contributed by atoms with Gasteiger partial charge in [0.15, 0.2) is 0 Å². The van der Waals surface area contributed by atoms with Crippen LogP contribution in [0.15, 0.2) is 42.5 Å². The van der Waals surface area contributed by atoms with Crippen molar-refractivity contribution in [3.63, 3.8) is 0 Å². The molecular weight excluding hydrogens is 322 g/mol. The molecule has 25 heavy (non-hydrogen) atoms. The molecule has 0 bridgehead atoms. The van der Waals surface area contributed by atoms with Crippen molar-refractivity contribution < 1.29 is 24.5 Å². The summed E-state index contributed by atoms with van der Waals surface area (Å²) in [4.78, 5) is 22.7. The van der Waals surface area contributed by atoms with E-state index in [1.165, 1.54) is 23.8 Å². The van der Waals surface area contributed by atoms with E-state index in [0.717, 1.165) is 6.42 Å². The lowest BCUT2D eigenvalue weighted by molar-refractivity contribution is -0.136. The highest BCUT2D eigenvalue weighted by Gasteiger charge is 2.09. The topological polar surface area (TPSA) is 95.9 Å². The molecule has 2 aromatic carbocycles. The molecule has 6 nitrogen and oxygen atoms in total. The van der Waals surface area contributed by atoms with Crippen LogP contribution in [-0.2, 0) is 22.4 Å². The van der Waals surface area contributed by atoms with Gasteiger partial charge in [-0.25, -0.2) is 0 Å². The SMILES string of the molecule is CCc1ccc(OCCC(=O)Nc2cc(CC(=O)O)ccc2O)cc1. The molecule has 2 aromatic rings. The lowest BCUT2D eigenvalue weighted by Gasteiger charge is -2.10. The van der Waals surface area contributed by atoms with Crippen LogP contribution in [0.25, 0.3) is 0 Å². The van der Waals surface area contributed by atoms with E-state index in [4.69, 9.17) is 9.84 Å². The Hall–Kier alpha value is -3.02. The summed E-state index contributed by atoms with van der Waals surface area (Å²) >= 11 is 0. The van der Waals surface area contributed by atoms with Gasteiger partial charge < -0.3 is 20.3 Å². The minimum atomic E-state index is -0.981. The quantitative estimate of drug-likeness (QED) is 0.640. The Bertz CT molecular complexity index is 740. The molecule has 0 radical (unpaired) electrons. The number of hydrogen-bond acceptors (Lipinski definition) is 4. The van der Waals surface area contributed by atoms with E-state index in [2.05, 4.69) is 12.2 Å². The lowest BCUT2D eigenvalue weighted by Crippen LogP contribution is -2.15. The largest absolute Gasteiger partial charge is 0.506 e. The Morgan fingerprint density at radius 2 is 1.76 bits per heavy atom. The number of ether oxygens (including phenoxy) is 1. The molecule has 2 rings (SSSR count). The van der Waals surface area contributed by atoms with Crippen LogP contribution in [0.2, 0.25) is 0 Å². The van der Waals surface area contributed by atoms with E-state index in [1.54, 1.807) is 0 Å². The number of carboxylic acid groups (broad SMARTS) is 1. The molecule has 1 amide bonds. The van der Waals surface area contributed by atoms with Crippen molar-refractivity contribution in [1.82, 2.24) is 0 Å². The molecule has 0 heterocycles. The van der Waals surface area contributed by atoms with Crippen LogP contribution >= 0.6 is 0 Å². The third kappa shape index (κ3) is 5.84. The van der Waals surface area contributed by atoms with Crippen LogP contribution in [0.3, 0.4) is 0 Å². The first-order valence-corrected chi connectivity index (χ1v) is 8.03. The molecule has 0 saturated heterocycles. The van der Waals surface area contributed by atoms with Gasteiger partial charge in [0, 0.05) is 0 Å². The van der Waals surface area contributed by atoms with Crippen molar-refractivity contribution in [2.75, 3.05) is 11.9 Å². The second-order valence-corrected chi connectivity index (χ2v) is 5.57. The van der Waals surface area contributed by atoms with Crippen molar-refractivity contribution in [2.45, 2.75) is 26.2 Å².